The molecule has 1 fully saturated rings. The highest BCUT2D eigenvalue weighted by molar-refractivity contribution is 5.65. The molecule has 0 amide bonds. The highest BCUT2D eigenvalue weighted by Gasteiger charge is 2.36. The van der Waals surface area contributed by atoms with Gasteiger partial charge in [-0.1, -0.05) is 20.8 Å². The van der Waals surface area contributed by atoms with Gasteiger partial charge in [0.2, 0.25) is 0 Å². The fourth-order valence-corrected chi connectivity index (χ4v) is 3.79. The summed E-state index contributed by atoms with van der Waals surface area (Å²) < 4.78 is 33.6. The van der Waals surface area contributed by atoms with Gasteiger partial charge in [-0.25, -0.2) is 19.6 Å². The van der Waals surface area contributed by atoms with E-state index >= 15 is 0 Å². The van der Waals surface area contributed by atoms with E-state index in [4.69, 9.17) is 26.2 Å². The van der Waals surface area contributed by atoms with Crippen molar-refractivity contribution in [2.24, 2.45) is 17.5 Å². The molecule has 3 rings (SSSR count). The van der Waals surface area contributed by atoms with Crippen LogP contribution in [-0.2, 0) is 17.8 Å². The Morgan fingerprint density at radius 2 is 2.03 bits per heavy atom. The fraction of sp³-hybridized carbons (Fsp3) is 0.583. The number of alkyl halides is 2. The van der Waals surface area contributed by atoms with E-state index in [1.807, 2.05) is 13.0 Å². The van der Waals surface area contributed by atoms with Crippen LogP contribution >= 0.6 is 0 Å². The topological polar surface area (TPSA) is 149 Å². The number of aromatic nitrogens is 4. The van der Waals surface area contributed by atoms with E-state index in [1.165, 1.54) is 5.01 Å². The summed E-state index contributed by atoms with van der Waals surface area (Å²) in [5.74, 6) is 3.26. The number of hydrazine groups is 1. The molecule has 0 saturated carbocycles. The number of aliphatic carboxylic acids is 1. The third-order valence-corrected chi connectivity index (χ3v) is 5.43. The molecule has 1 aliphatic rings. The molecule has 0 bridgehead atoms. The number of nitrogens with zero attached hydrogens (tertiary/aromatic N) is 6. The minimum Gasteiger partial charge on any atom is -0.481 e. The number of carboxylic acid groups (broad SMARTS) is 1. The Hall–Kier alpha value is -3.48. The highest BCUT2D eigenvalue weighted by Crippen LogP contribution is 2.32. The second-order valence-corrected chi connectivity index (χ2v) is 9.31. The Morgan fingerprint density at radius 1 is 1.35 bits per heavy atom. The molecule has 2 aromatic rings. The van der Waals surface area contributed by atoms with Crippen LogP contribution in [0.5, 0.6) is 5.88 Å². The fourth-order valence-electron chi connectivity index (χ4n) is 3.79. The number of halogens is 2. The third kappa shape index (κ3) is 9.16. The van der Waals surface area contributed by atoms with Crippen molar-refractivity contribution in [1.82, 2.24) is 25.0 Å². The van der Waals surface area contributed by atoms with Crippen LogP contribution in [0, 0.1) is 5.92 Å². The number of aryl methyl sites for hydroxylation is 1. The zero-order valence-electron chi connectivity index (χ0n) is 22.1. The normalized spacial score (nSPS) is 15.5. The van der Waals surface area contributed by atoms with Crippen LogP contribution in [0.3, 0.4) is 0 Å². The van der Waals surface area contributed by atoms with Gasteiger partial charge in [0.1, 0.15) is 12.8 Å². The molecule has 5 N–H and O–H groups in total. The van der Waals surface area contributed by atoms with Gasteiger partial charge in [0, 0.05) is 26.9 Å². The van der Waals surface area contributed by atoms with Crippen molar-refractivity contribution in [3.05, 3.63) is 35.4 Å². The van der Waals surface area contributed by atoms with Crippen LogP contribution in [0.2, 0.25) is 0 Å². The smallest absolute Gasteiger partial charge is 0.300 e. The van der Waals surface area contributed by atoms with Gasteiger partial charge in [-0.2, -0.15) is 9.90 Å². The highest BCUT2D eigenvalue weighted by atomic mass is 19.3. The number of hydrogen-bond donors (Lipinski definition) is 3. The minimum atomic E-state index is -2.69. The molecular formula is C24H38F2N8O3. The lowest BCUT2D eigenvalue weighted by Gasteiger charge is -2.35. The van der Waals surface area contributed by atoms with Gasteiger partial charge in [0.05, 0.1) is 41.6 Å². The molecule has 2 aromatic heterocycles. The molecule has 0 aliphatic carbocycles. The number of carboxylic acids is 1. The number of likely N-dealkylation sites (N-methyl/N-ethyl adjacent to an activating group) is 1. The predicted octanol–water partition coefficient (Wildman–Crippen LogP) is 2.73. The van der Waals surface area contributed by atoms with Crippen molar-refractivity contribution in [3.63, 3.8) is 0 Å². The summed E-state index contributed by atoms with van der Waals surface area (Å²) in [4.78, 5) is 17.0. The van der Waals surface area contributed by atoms with Gasteiger partial charge in [0.15, 0.2) is 0 Å². The lowest BCUT2D eigenvalue weighted by Crippen LogP contribution is -2.43. The summed E-state index contributed by atoms with van der Waals surface area (Å²) in [7, 11) is 1.66. The zero-order valence-corrected chi connectivity index (χ0v) is 22.1. The number of nitrogens with two attached hydrogens (primary N) is 2. The van der Waals surface area contributed by atoms with Crippen LogP contribution in [0.1, 0.15) is 51.9 Å². The van der Waals surface area contributed by atoms with E-state index in [1.54, 1.807) is 29.0 Å². The lowest BCUT2D eigenvalue weighted by molar-refractivity contribution is -0.134. The van der Waals surface area contributed by atoms with E-state index in [2.05, 4.69) is 29.0 Å². The van der Waals surface area contributed by atoms with Gasteiger partial charge >= 0.3 is 0 Å². The standard InChI is InChI=1S/C22H34F2N8O.C2H4O2/c1-5-16-18(31-10-6-9-22(23,24)14-31)8-7-17(28-16)21(25)19(30(4)26)13-33-20-11-27-32(29-20)12-15(2)3;1-2(3)4/h7-8,11,15H,5-6,9-10,12-14,25-26H2,1-4H3;1H3,(H,3,4)/b21-19-;. The van der Waals surface area contributed by atoms with E-state index in [9.17, 15) is 8.78 Å². The summed E-state index contributed by atoms with van der Waals surface area (Å²) in [5, 5.41) is 17.3. The maximum absolute atomic E-state index is 13.9. The summed E-state index contributed by atoms with van der Waals surface area (Å²) in [6.45, 7) is 8.22. The average molecular weight is 525 g/mol. The molecule has 11 nitrogen and oxygen atoms in total. The Balaban J connectivity index is 0.00000112. The SMILES string of the molecule is CC(=O)O.CCc1nc(/C(N)=C(\COc2cnn(CC(C)C)n2)N(C)N)ccc1N1CCCC(F)(F)C1. The molecule has 0 aromatic carbocycles. The van der Waals surface area contributed by atoms with Crippen molar-refractivity contribution in [3.8, 4) is 5.88 Å². The van der Waals surface area contributed by atoms with E-state index in [0.29, 0.717) is 66.2 Å². The average Bonchev–Trinajstić information content (AvgIpc) is 3.23. The number of ether oxygens (including phenoxy) is 1. The maximum atomic E-state index is 13.9. The number of anilines is 1. The number of carbonyl (C=O) groups is 1. The lowest BCUT2D eigenvalue weighted by atomic mass is 10.1. The summed E-state index contributed by atoms with van der Waals surface area (Å²) in [5.41, 5.74) is 9.21. The predicted molar refractivity (Wildman–Crippen MR) is 137 cm³/mol. The monoisotopic (exact) mass is 524 g/mol. The zero-order chi connectivity index (χ0) is 27.8. The van der Waals surface area contributed by atoms with Crippen LogP contribution < -0.4 is 21.2 Å². The molecule has 206 valence electrons. The van der Waals surface area contributed by atoms with Crippen molar-refractivity contribution < 1.29 is 23.4 Å². The van der Waals surface area contributed by atoms with E-state index in [0.717, 1.165) is 6.92 Å². The number of hydrogen-bond acceptors (Lipinski definition) is 9. The van der Waals surface area contributed by atoms with Crippen LogP contribution in [0.25, 0.3) is 5.70 Å². The van der Waals surface area contributed by atoms with Gasteiger partial charge in [-0.3, -0.25) is 4.79 Å². The molecule has 0 spiro atoms. The van der Waals surface area contributed by atoms with Crippen LogP contribution in [0.15, 0.2) is 24.0 Å². The van der Waals surface area contributed by atoms with Crippen molar-refractivity contribution in [2.75, 3.05) is 31.6 Å². The van der Waals surface area contributed by atoms with Crippen molar-refractivity contribution in [1.29, 1.82) is 0 Å². The van der Waals surface area contributed by atoms with Gasteiger partial charge < -0.3 is 25.5 Å². The molecule has 3 heterocycles. The van der Waals surface area contributed by atoms with E-state index in [-0.39, 0.29) is 19.6 Å². The number of piperidine rings is 1. The third-order valence-electron chi connectivity index (χ3n) is 5.43. The maximum Gasteiger partial charge on any atom is 0.300 e. The Bertz CT molecular complexity index is 1070. The minimum absolute atomic E-state index is 0.0719. The molecule has 0 atom stereocenters. The first-order valence-electron chi connectivity index (χ1n) is 12.2. The molecule has 37 heavy (non-hydrogen) atoms. The van der Waals surface area contributed by atoms with Crippen LogP contribution in [0.4, 0.5) is 14.5 Å². The quantitative estimate of drug-likeness (QED) is 0.330. The van der Waals surface area contributed by atoms with E-state index < -0.39 is 11.9 Å². The molecule has 1 saturated heterocycles. The van der Waals surface area contributed by atoms with Crippen molar-refractivity contribution in [2.45, 2.75) is 59.4 Å². The molecule has 0 radical (unpaired) electrons. The second-order valence-electron chi connectivity index (χ2n) is 9.31. The Kier molecular flexibility index (Phi) is 10.6. The number of rotatable bonds is 9. The Morgan fingerprint density at radius 3 is 2.59 bits per heavy atom. The number of pyridine rings is 1. The van der Waals surface area contributed by atoms with Crippen LogP contribution in [-0.4, -0.2) is 68.7 Å². The first kappa shape index (κ1) is 29.7. The second kappa shape index (κ2) is 13.2. The van der Waals surface area contributed by atoms with Gasteiger partial charge in [-0.05, 0) is 30.9 Å². The first-order chi connectivity index (χ1) is 17.3. The van der Waals surface area contributed by atoms with Gasteiger partial charge in [0.25, 0.3) is 17.8 Å². The first-order valence-corrected chi connectivity index (χ1v) is 12.2. The molecule has 13 heteroatoms. The largest absolute Gasteiger partial charge is 0.481 e. The summed E-state index contributed by atoms with van der Waals surface area (Å²) in [6.07, 6.45) is 2.50. The summed E-state index contributed by atoms with van der Waals surface area (Å²) in [6, 6.07) is 3.54. The molecular weight excluding hydrogens is 486 g/mol. The molecule has 1 aliphatic heterocycles. The van der Waals surface area contributed by atoms with Gasteiger partial charge in [-0.15, -0.1) is 5.10 Å². The molecule has 0 unspecified atom stereocenters. The Labute approximate surface area is 216 Å². The van der Waals surface area contributed by atoms with Crippen molar-refractivity contribution >= 4 is 17.4 Å². The summed E-state index contributed by atoms with van der Waals surface area (Å²) >= 11 is 0.